The summed E-state index contributed by atoms with van der Waals surface area (Å²) in [6.07, 6.45) is 3.92. The zero-order valence-electron chi connectivity index (χ0n) is 29.5. The largest absolute Gasteiger partial charge is 0.309 e. The molecule has 250 valence electrons. The molecule has 3 heterocycles. The third-order valence-corrected chi connectivity index (χ3v) is 11.4. The topological polar surface area (TPSA) is 35.6 Å². The number of nitrogens with zero attached hydrogens (tertiary/aromatic N) is 4. The van der Waals surface area contributed by atoms with Gasteiger partial charge in [-0.05, 0) is 87.5 Å². The molecule has 0 atom stereocenters. The summed E-state index contributed by atoms with van der Waals surface area (Å²) in [5, 5.41) is 4.83. The average molecular weight is 679 g/mol. The quantitative estimate of drug-likeness (QED) is 0.186. The minimum atomic E-state index is -0.0417. The van der Waals surface area contributed by atoms with Crippen LogP contribution in [0.2, 0.25) is 0 Å². The minimum absolute atomic E-state index is 0.0417. The molecule has 11 rings (SSSR count). The van der Waals surface area contributed by atoms with Gasteiger partial charge in [-0.25, -0.2) is 9.97 Å². The first-order chi connectivity index (χ1) is 26.0. The molecule has 4 heteroatoms. The standard InChI is InChI=1S/C49H34N4/c1-49(2)42-20-9-6-17-36(42)37-24-23-33(26-43(37)49)31-13-12-14-32(25-31)34-29-50-48(51-30-34)53-45-22-11-8-19-39(45)41-27-40-38-18-7-10-21-44(38)52(46(40)28-47(41)53)35-15-4-3-5-16-35/h3-30H,1-2H3. The predicted molar refractivity (Wildman–Crippen MR) is 219 cm³/mol. The maximum atomic E-state index is 5.04. The third-order valence-electron chi connectivity index (χ3n) is 11.4. The molecule has 4 nitrogen and oxygen atoms in total. The van der Waals surface area contributed by atoms with Crippen molar-refractivity contribution < 1.29 is 0 Å². The monoisotopic (exact) mass is 678 g/mol. The highest BCUT2D eigenvalue weighted by Gasteiger charge is 2.35. The predicted octanol–water partition coefficient (Wildman–Crippen LogP) is 12.3. The second kappa shape index (κ2) is 11.1. The van der Waals surface area contributed by atoms with E-state index in [4.69, 9.17) is 9.97 Å². The zero-order valence-corrected chi connectivity index (χ0v) is 29.5. The number of benzene rings is 7. The van der Waals surface area contributed by atoms with E-state index in [2.05, 4.69) is 181 Å². The Labute approximate surface area is 307 Å². The number of aromatic nitrogens is 4. The Hall–Kier alpha value is -6.78. The second-order valence-electron chi connectivity index (χ2n) is 14.7. The molecular formula is C49H34N4. The van der Waals surface area contributed by atoms with Crippen molar-refractivity contribution in [2.75, 3.05) is 0 Å². The van der Waals surface area contributed by atoms with Crippen LogP contribution in [0.1, 0.15) is 25.0 Å². The SMILES string of the molecule is CC1(C)c2ccccc2-c2ccc(-c3cccc(-c4cnc(-n5c6ccccc6c6cc7c8ccccc8n(-c8ccccc8)c7cc65)nc4)c3)cc21. The maximum Gasteiger partial charge on any atom is 0.234 e. The molecule has 0 aliphatic heterocycles. The lowest BCUT2D eigenvalue weighted by Gasteiger charge is -2.22. The molecule has 0 saturated heterocycles. The molecule has 0 saturated carbocycles. The molecule has 0 bridgehead atoms. The lowest BCUT2D eigenvalue weighted by atomic mass is 9.81. The van der Waals surface area contributed by atoms with Crippen LogP contribution in [-0.2, 0) is 5.41 Å². The number of rotatable bonds is 4. The smallest absolute Gasteiger partial charge is 0.234 e. The zero-order chi connectivity index (χ0) is 35.3. The summed E-state index contributed by atoms with van der Waals surface area (Å²) in [4.78, 5) is 10.1. The van der Waals surface area contributed by atoms with Gasteiger partial charge in [0.25, 0.3) is 0 Å². The number of hydrogen-bond donors (Lipinski definition) is 0. The van der Waals surface area contributed by atoms with E-state index in [1.165, 1.54) is 60.4 Å². The first-order valence-corrected chi connectivity index (χ1v) is 18.2. The molecule has 3 aromatic heterocycles. The normalized spacial score (nSPS) is 13.2. The van der Waals surface area contributed by atoms with Gasteiger partial charge in [0, 0.05) is 50.6 Å². The molecule has 10 aromatic rings. The highest BCUT2D eigenvalue weighted by molar-refractivity contribution is 6.19. The van der Waals surface area contributed by atoms with Crippen LogP contribution in [0.4, 0.5) is 0 Å². The average Bonchev–Trinajstić information content (AvgIpc) is 3.80. The summed E-state index contributed by atoms with van der Waals surface area (Å²) in [6.45, 7) is 4.67. The molecule has 0 fully saturated rings. The van der Waals surface area contributed by atoms with Crippen LogP contribution >= 0.6 is 0 Å². The van der Waals surface area contributed by atoms with Crippen molar-refractivity contribution in [3.05, 3.63) is 181 Å². The Morgan fingerprint density at radius 1 is 0.396 bits per heavy atom. The summed E-state index contributed by atoms with van der Waals surface area (Å²) in [5.41, 5.74) is 15.5. The third kappa shape index (κ3) is 4.36. The van der Waals surface area contributed by atoms with Gasteiger partial charge in [0.2, 0.25) is 5.95 Å². The van der Waals surface area contributed by atoms with Gasteiger partial charge < -0.3 is 4.57 Å². The van der Waals surface area contributed by atoms with Gasteiger partial charge in [-0.2, -0.15) is 0 Å². The van der Waals surface area contributed by atoms with E-state index < -0.39 is 0 Å². The Balaban J connectivity index is 1.02. The van der Waals surface area contributed by atoms with E-state index in [-0.39, 0.29) is 5.41 Å². The van der Waals surface area contributed by atoms with Gasteiger partial charge in [-0.3, -0.25) is 4.57 Å². The number of hydrogen-bond acceptors (Lipinski definition) is 2. The minimum Gasteiger partial charge on any atom is -0.309 e. The van der Waals surface area contributed by atoms with Crippen LogP contribution in [0, 0.1) is 0 Å². The van der Waals surface area contributed by atoms with Crippen LogP contribution in [0.15, 0.2) is 170 Å². The summed E-state index contributed by atoms with van der Waals surface area (Å²) < 4.78 is 4.57. The summed E-state index contributed by atoms with van der Waals surface area (Å²) in [5.74, 6) is 0.651. The van der Waals surface area contributed by atoms with E-state index in [1.807, 2.05) is 12.4 Å². The Bertz CT molecular complexity index is 3070. The van der Waals surface area contributed by atoms with E-state index in [0.29, 0.717) is 5.95 Å². The van der Waals surface area contributed by atoms with Crippen molar-refractivity contribution in [2.45, 2.75) is 19.3 Å². The van der Waals surface area contributed by atoms with Crippen molar-refractivity contribution in [3.8, 4) is 45.0 Å². The van der Waals surface area contributed by atoms with E-state index in [1.54, 1.807) is 0 Å². The fourth-order valence-corrected chi connectivity index (χ4v) is 8.85. The van der Waals surface area contributed by atoms with Crippen molar-refractivity contribution in [3.63, 3.8) is 0 Å². The number of para-hydroxylation sites is 3. The van der Waals surface area contributed by atoms with Crippen LogP contribution in [0.5, 0.6) is 0 Å². The first-order valence-electron chi connectivity index (χ1n) is 18.2. The van der Waals surface area contributed by atoms with Crippen molar-refractivity contribution in [1.29, 1.82) is 0 Å². The van der Waals surface area contributed by atoms with Crippen LogP contribution in [0.25, 0.3) is 88.6 Å². The van der Waals surface area contributed by atoms with Gasteiger partial charge >= 0.3 is 0 Å². The molecule has 53 heavy (non-hydrogen) atoms. The first kappa shape index (κ1) is 29.9. The van der Waals surface area contributed by atoms with Crippen molar-refractivity contribution in [2.24, 2.45) is 0 Å². The fourth-order valence-electron chi connectivity index (χ4n) is 8.85. The van der Waals surface area contributed by atoms with E-state index >= 15 is 0 Å². The molecule has 1 aliphatic carbocycles. The van der Waals surface area contributed by atoms with Crippen molar-refractivity contribution >= 4 is 43.6 Å². The lowest BCUT2D eigenvalue weighted by molar-refractivity contribution is 0.660. The molecule has 1 aliphatic rings. The Morgan fingerprint density at radius 3 is 1.74 bits per heavy atom. The van der Waals surface area contributed by atoms with Crippen LogP contribution < -0.4 is 0 Å². The maximum absolute atomic E-state index is 5.04. The van der Waals surface area contributed by atoms with Gasteiger partial charge in [0.15, 0.2) is 0 Å². The van der Waals surface area contributed by atoms with Crippen LogP contribution in [-0.4, -0.2) is 19.1 Å². The van der Waals surface area contributed by atoms with Crippen molar-refractivity contribution in [1.82, 2.24) is 19.1 Å². The fraction of sp³-hybridized carbons (Fsp3) is 0.0612. The highest BCUT2D eigenvalue weighted by Crippen LogP contribution is 2.49. The van der Waals surface area contributed by atoms with Gasteiger partial charge in [0.1, 0.15) is 0 Å². The summed E-state index contributed by atoms with van der Waals surface area (Å²) >= 11 is 0. The summed E-state index contributed by atoms with van der Waals surface area (Å²) in [7, 11) is 0. The Kier molecular flexibility index (Phi) is 6.27. The summed E-state index contributed by atoms with van der Waals surface area (Å²) in [6, 6.07) is 57.0. The Morgan fingerprint density at radius 2 is 0.981 bits per heavy atom. The van der Waals surface area contributed by atoms with Gasteiger partial charge in [0.05, 0.1) is 22.1 Å². The highest BCUT2D eigenvalue weighted by atomic mass is 15.2. The second-order valence-corrected chi connectivity index (χ2v) is 14.7. The number of fused-ring (bicyclic) bond motifs is 9. The van der Waals surface area contributed by atoms with E-state index in [9.17, 15) is 0 Å². The van der Waals surface area contributed by atoms with Gasteiger partial charge in [-0.15, -0.1) is 0 Å². The molecule has 7 aromatic carbocycles. The molecular weight excluding hydrogens is 645 g/mol. The molecule has 0 radical (unpaired) electrons. The van der Waals surface area contributed by atoms with Crippen LogP contribution in [0.3, 0.4) is 0 Å². The molecule has 0 unspecified atom stereocenters. The molecule has 0 amide bonds. The van der Waals surface area contributed by atoms with E-state index in [0.717, 1.165) is 33.4 Å². The molecule has 0 N–H and O–H groups in total. The van der Waals surface area contributed by atoms with Gasteiger partial charge in [-0.1, -0.05) is 123 Å². The molecule has 0 spiro atoms. The lowest BCUT2D eigenvalue weighted by Crippen LogP contribution is -2.14.